The predicted octanol–water partition coefficient (Wildman–Crippen LogP) is -1.93. The Morgan fingerprint density at radius 1 is 0.566 bits per heavy atom. The molecule has 1 aromatic heterocycles. The van der Waals surface area contributed by atoms with Crippen molar-refractivity contribution < 1.29 is 93.3 Å². The SMILES string of the molecule is CC(=O)O.CC(O)C(CO)NC(=O)C1CSSCC(NC(=O)C(Cc2ccccc2)NC(=O)CN2CCN(CC(=O)O)CCN(CC(=O)O)CCN(CC(=O)O)CC2)C(=O)NC(Cc2cccc3ccccc23)C(=O)NC(Cc2c[nH]c3ccccc23)C(=O)NC(CCCCN)C(=O)NC(C(C)O)C(=O)N1. The van der Waals surface area contributed by atoms with E-state index in [1.807, 2.05) is 42.5 Å². The Labute approximate surface area is 620 Å². The monoisotopic (exact) mass is 1510 g/mol. The summed E-state index contributed by atoms with van der Waals surface area (Å²) in [6.07, 6.45) is -1.11. The fraction of sp³-hybridized carbons (Fsp3) is 0.493. The summed E-state index contributed by atoms with van der Waals surface area (Å²) in [5, 5.41) is 92.5. The number of hydrogen-bond acceptors (Lipinski definition) is 22. The van der Waals surface area contributed by atoms with Gasteiger partial charge in [-0.05, 0) is 73.2 Å². The first-order chi connectivity index (χ1) is 50.6. The number of unbranched alkanes of at least 4 members (excludes halogenated alkanes) is 1. The first kappa shape index (κ1) is 85.6. The van der Waals surface area contributed by atoms with Gasteiger partial charge in [-0.15, -0.1) is 0 Å². The van der Waals surface area contributed by atoms with Crippen LogP contribution in [0.3, 0.4) is 0 Å². The van der Waals surface area contributed by atoms with Crippen molar-refractivity contribution in [2.75, 3.05) is 103 Å². The normalized spacial score (nSPS) is 21.2. The van der Waals surface area contributed by atoms with E-state index < -0.39 is 158 Å². The number of para-hydroxylation sites is 1. The van der Waals surface area contributed by atoms with Gasteiger partial charge in [-0.3, -0.25) is 77.1 Å². The smallest absolute Gasteiger partial charge is 0.317 e. The molecular formula is C71H98N14O19S2. The second kappa shape index (κ2) is 44.0. The predicted molar refractivity (Wildman–Crippen MR) is 395 cm³/mol. The highest BCUT2D eigenvalue weighted by molar-refractivity contribution is 8.76. The first-order valence-electron chi connectivity index (χ1n) is 34.7. The van der Waals surface area contributed by atoms with E-state index in [0.717, 1.165) is 39.3 Å². The van der Waals surface area contributed by atoms with Crippen molar-refractivity contribution in [1.82, 2.24) is 67.1 Å². The Morgan fingerprint density at radius 3 is 1.62 bits per heavy atom. The molecule has 0 saturated carbocycles. The molecule has 0 radical (unpaired) electrons. The van der Waals surface area contributed by atoms with E-state index in [-0.39, 0.29) is 109 Å². The van der Waals surface area contributed by atoms with Crippen LogP contribution >= 0.6 is 21.6 Å². The Balaban J connectivity index is 0.00000429. The zero-order chi connectivity index (χ0) is 77.4. The molecule has 2 aliphatic heterocycles. The van der Waals surface area contributed by atoms with Gasteiger partial charge in [-0.25, -0.2) is 0 Å². The van der Waals surface area contributed by atoms with Crippen molar-refractivity contribution in [3.8, 4) is 0 Å². The lowest BCUT2D eigenvalue weighted by Gasteiger charge is -2.33. The molecule has 5 aromatic rings. The molecule has 3 heterocycles. The maximum Gasteiger partial charge on any atom is 0.317 e. The van der Waals surface area contributed by atoms with E-state index in [2.05, 4.69) is 47.5 Å². The van der Waals surface area contributed by atoms with Crippen LogP contribution in [0, 0.1) is 0 Å². The molecule has 2 fully saturated rings. The number of aliphatic hydroxyl groups is 3. The molecule has 18 N–H and O–H groups in total. The number of hydrogen-bond donors (Lipinski definition) is 17. The van der Waals surface area contributed by atoms with Gasteiger partial charge in [0.05, 0.1) is 51.0 Å². The fourth-order valence-electron chi connectivity index (χ4n) is 11.9. The van der Waals surface area contributed by atoms with Crippen molar-refractivity contribution in [2.45, 2.75) is 120 Å². The first-order valence-corrected chi connectivity index (χ1v) is 37.2. The third-order valence-electron chi connectivity index (χ3n) is 17.5. The Hall–Kier alpha value is -9.30. The Kier molecular flexibility index (Phi) is 35.5. The lowest BCUT2D eigenvalue weighted by molar-refractivity contribution is -0.140. The highest BCUT2D eigenvalue weighted by Crippen LogP contribution is 2.26. The molecular weight excluding hydrogens is 1420 g/mol. The standard InChI is InChI=1S/C69H94N14O17S2.C2H4O2/c1-42(85)55(39-84)76-68(99)57-41-102-101-40-56(77-64(95)52(31-44-13-4-3-5-14-44)72-58(87)35-80-23-25-81(36-59(88)89)27-29-83(38-61(92)93)30-28-82(26-24-80)37-60(90)91)67(98)75-53(32-46-17-12-16-45-15-6-7-18-48(45)46)66(97)74-54(33-47-34-71-50-20-9-8-19-49(47)50)65(96)73-51(21-10-11-22-70)63(94)79-62(43(2)86)69(100)78-57;1-2(3)4/h3-9,12-20,34,42-43,51-57,62,71,84-86H,10-11,21-33,35-41,70H2,1-2H3,(H,72,87)(H,73,96)(H,74,97)(H,75,98)(H,76,99)(H,77,95)(H,78,100)(H,79,94)(H,88,89)(H,90,91)(H,92,93);1H3,(H,3,4). The average molecular weight is 1520 g/mol. The largest absolute Gasteiger partial charge is 0.481 e. The topological polar surface area (TPSA) is 497 Å². The number of rotatable bonds is 26. The number of aromatic amines is 1. The van der Waals surface area contributed by atoms with Gasteiger partial charge < -0.3 is 89.0 Å². The van der Waals surface area contributed by atoms with Gasteiger partial charge in [0.1, 0.15) is 42.3 Å². The van der Waals surface area contributed by atoms with E-state index in [9.17, 15) is 64.2 Å². The number of H-pyrrole nitrogens is 1. The number of carbonyl (C=O) groups excluding carboxylic acids is 8. The minimum atomic E-state index is -1.76. The number of nitrogens with two attached hydrogens (primary N) is 1. The summed E-state index contributed by atoms with van der Waals surface area (Å²) >= 11 is 0. The second-order valence-corrected chi connectivity index (χ2v) is 28.5. The van der Waals surface area contributed by atoms with Crippen LogP contribution in [0.4, 0.5) is 0 Å². The third kappa shape index (κ3) is 28.9. The van der Waals surface area contributed by atoms with Crippen molar-refractivity contribution in [3.63, 3.8) is 0 Å². The molecule has 0 aliphatic carbocycles. The highest BCUT2D eigenvalue weighted by Gasteiger charge is 2.38. The minimum Gasteiger partial charge on any atom is -0.481 e. The molecule has 578 valence electrons. The average Bonchev–Trinajstić information content (AvgIpc) is 1.39. The summed E-state index contributed by atoms with van der Waals surface area (Å²) in [6, 6.07) is 16.5. The van der Waals surface area contributed by atoms with Gasteiger partial charge in [0.15, 0.2) is 0 Å². The summed E-state index contributed by atoms with van der Waals surface area (Å²) in [5.74, 6) is -12.1. The quantitative estimate of drug-likeness (QED) is 0.0212. The van der Waals surface area contributed by atoms with Gasteiger partial charge in [-0.2, -0.15) is 0 Å². The Bertz CT molecular complexity index is 3740. The number of nitrogens with one attached hydrogen (secondary N) is 9. The summed E-state index contributed by atoms with van der Waals surface area (Å²) in [5.41, 5.74) is 8.32. The van der Waals surface area contributed by atoms with Crippen LogP contribution in [-0.4, -0.2) is 295 Å². The van der Waals surface area contributed by atoms with Crippen LogP contribution in [0.2, 0.25) is 0 Å². The summed E-state index contributed by atoms with van der Waals surface area (Å²) in [4.78, 5) is 174. The van der Waals surface area contributed by atoms with E-state index in [1.54, 1.807) is 80.4 Å². The van der Waals surface area contributed by atoms with E-state index >= 15 is 19.2 Å². The molecule has 7 rings (SSSR count). The molecule has 0 bridgehead atoms. The molecule has 0 spiro atoms. The van der Waals surface area contributed by atoms with Crippen LogP contribution in [0.5, 0.6) is 0 Å². The number of aliphatic hydroxyl groups excluding tert-OH is 3. The summed E-state index contributed by atoms with van der Waals surface area (Å²) < 4.78 is 0. The lowest BCUT2D eigenvalue weighted by atomic mass is 9.97. The zero-order valence-electron chi connectivity index (χ0n) is 59.4. The Morgan fingerprint density at radius 2 is 1.07 bits per heavy atom. The molecule has 2 saturated heterocycles. The number of aliphatic carboxylic acids is 4. The van der Waals surface area contributed by atoms with E-state index in [0.29, 0.717) is 34.0 Å². The number of carboxylic acids is 4. The van der Waals surface area contributed by atoms with Crippen LogP contribution in [0.25, 0.3) is 21.7 Å². The molecule has 33 nitrogen and oxygen atoms in total. The maximum absolute atomic E-state index is 15.5. The van der Waals surface area contributed by atoms with Crippen molar-refractivity contribution in [2.24, 2.45) is 5.73 Å². The third-order valence-corrected chi connectivity index (χ3v) is 20.0. The van der Waals surface area contributed by atoms with Gasteiger partial charge in [0, 0.05) is 107 Å². The molecule has 106 heavy (non-hydrogen) atoms. The highest BCUT2D eigenvalue weighted by atomic mass is 33.1. The lowest BCUT2D eigenvalue weighted by Crippen LogP contribution is -2.62. The van der Waals surface area contributed by atoms with Crippen molar-refractivity contribution in [1.29, 1.82) is 0 Å². The number of carboxylic acid groups (broad SMARTS) is 4. The second-order valence-electron chi connectivity index (χ2n) is 25.9. The molecule has 10 atom stereocenters. The number of nitrogens with zero attached hydrogens (tertiary/aromatic N) is 4. The summed E-state index contributed by atoms with van der Waals surface area (Å²) in [7, 11) is 1.86. The molecule has 8 amide bonds. The van der Waals surface area contributed by atoms with E-state index in [4.69, 9.17) is 15.6 Å². The van der Waals surface area contributed by atoms with Crippen molar-refractivity contribution >= 4 is 114 Å². The van der Waals surface area contributed by atoms with Crippen LogP contribution in [-0.2, 0) is 76.8 Å². The maximum atomic E-state index is 15.5. The van der Waals surface area contributed by atoms with Crippen LogP contribution < -0.4 is 48.3 Å². The van der Waals surface area contributed by atoms with Gasteiger partial charge in [0.25, 0.3) is 5.97 Å². The van der Waals surface area contributed by atoms with Crippen molar-refractivity contribution in [3.05, 3.63) is 120 Å². The number of benzene rings is 4. The molecule has 35 heteroatoms. The number of fused-ring (bicyclic) bond motifs is 2. The van der Waals surface area contributed by atoms with Gasteiger partial charge >= 0.3 is 17.9 Å². The minimum absolute atomic E-state index is 0.0399. The van der Waals surface area contributed by atoms with E-state index in [1.165, 1.54) is 13.8 Å². The van der Waals surface area contributed by atoms with Gasteiger partial charge in [0.2, 0.25) is 47.3 Å². The molecule has 10 unspecified atom stereocenters. The molecule has 4 aromatic carbocycles. The molecule has 2 aliphatic rings. The fourth-order valence-corrected chi connectivity index (χ4v) is 14.2. The van der Waals surface area contributed by atoms with Crippen LogP contribution in [0.1, 0.15) is 56.7 Å². The number of aromatic nitrogens is 1. The number of amides is 8. The zero-order valence-corrected chi connectivity index (χ0v) is 61.0. The van der Waals surface area contributed by atoms with Crippen LogP contribution in [0.15, 0.2) is 103 Å². The van der Waals surface area contributed by atoms with Gasteiger partial charge in [-0.1, -0.05) is 113 Å². The number of carbonyl (C=O) groups is 12. The summed E-state index contributed by atoms with van der Waals surface area (Å²) in [6.45, 7) is 2.29.